The maximum absolute atomic E-state index is 13.1. The number of rotatable bonds is 78. The third kappa shape index (κ3) is 72.2. The number of carbonyl (C=O) groups excluding carboxylic acids is 4. The van der Waals surface area contributed by atoms with Crippen LogP contribution in [0.15, 0.2) is 0 Å². The Morgan fingerprint density at radius 3 is 0.701 bits per heavy atom. The van der Waals surface area contributed by atoms with Gasteiger partial charge in [-0.25, -0.2) is 9.13 Å². The van der Waals surface area contributed by atoms with Crippen molar-refractivity contribution >= 4 is 39.5 Å². The zero-order valence-corrected chi connectivity index (χ0v) is 65.0. The topological polar surface area (TPSA) is 237 Å². The molecule has 0 aliphatic rings. The van der Waals surface area contributed by atoms with E-state index in [1.165, 1.54) is 238 Å². The van der Waals surface area contributed by atoms with E-state index in [1.807, 2.05) is 0 Å². The van der Waals surface area contributed by atoms with E-state index in [-0.39, 0.29) is 25.7 Å². The van der Waals surface area contributed by atoms with E-state index in [4.69, 9.17) is 37.0 Å². The summed E-state index contributed by atoms with van der Waals surface area (Å²) in [6, 6.07) is 0. The maximum Gasteiger partial charge on any atom is 0.472 e. The number of aliphatic hydroxyl groups excluding tert-OH is 1. The van der Waals surface area contributed by atoms with Gasteiger partial charge in [0.15, 0.2) is 12.2 Å². The number of esters is 4. The zero-order chi connectivity index (χ0) is 71.2. The van der Waals surface area contributed by atoms with Crippen LogP contribution in [0.2, 0.25) is 0 Å². The van der Waals surface area contributed by atoms with Crippen LogP contribution in [0.25, 0.3) is 0 Å². The average Bonchev–Trinajstić information content (AvgIpc) is 1.53. The minimum Gasteiger partial charge on any atom is -0.462 e. The molecule has 0 aromatic rings. The molecule has 2 unspecified atom stereocenters. The van der Waals surface area contributed by atoms with Crippen molar-refractivity contribution in [3.05, 3.63) is 0 Å². The number of carbonyl (C=O) groups is 4. The second-order valence-electron chi connectivity index (χ2n) is 28.6. The van der Waals surface area contributed by atoms with Crippen LogP contribution in [-0.4, -0.2) is 96.7 Å². The molecule has 0 amide bonds. The van der Waals surface area contributed by atoms with Crippen LogP contribution in [-0.2, 0) is 65.4 Å². The lowest BCUT2D eigenvalue weighted by Crippen LogP contribution is -2.30. The summed E-state index contributed by atoms with van der Waals surface area (Å²) >= 11 is 0. The molecule has 19 heteroatoms. The molecule has 0 fully saturated rings. The largest absolute Gasteiger partial charge is 0.472 e. The Morgan fingerprint density at radius 1 is 0.278 bits per heavy atom. The summed E-state index contributed by atoms with van der Waals surface area (Å²) in [5.74, 6) is -1.31. The first kappa shape index (κ1) is 95.1. The average molecular weight is 1420 g/mol. The van der Waals surface area contributed by atoms with Crippen molar-refractivity contribution in [2.24, 2.45) is 5.92 Å². The van der Waals surface area contributed by atoms with Gasteiger partial charge in [-0.3, -0.25) is 37.3 Å². The SMILES string of the molecule is CCCCCCCCCCCCCCCCCC(=O)OC[C@H](COP(=O)(O)OC[C@@H](O)COP(=O)(O)OC[C@@H](COC(=O)CCCCCCCCCCCCCC)OC(=O)CCCCCCCCCCCCCCC)OC(=O)CCCCCCCCCCCCCCCCC(C)C. The van der Waals surface area contributed by atoms with Crippen LogP contribution in [0.5, 0.6) is 0 Å². The van der Waals surface area contributed by atoms with Gasteiger partial charge in [-0.15, -0.1) is 0 Å². The smallest absolute Gasteiger partial charge is 0.462 e. The summed E-state index contributed by atoms with van der Waals surface area (Å²) < 4.78 is 68.6. The van der Waals surface area contributed by atoms with E-state index in [0.29, 0.717) is 25.7 Å². The van der Waals surface area contributed by atoms with Gasteiger partial charge in [0, 0.05) is 25.7 Å². The second kappa shape index (κ2) is 71.1. The highest BCUT2D eigenvalue weighted by Crippen LogP contribution is 2.45. The third-order valence-corrected chi connectivity index (χ3v) is 20.2. The molecule has 0 bridgehead atoms. The fourth-order valence-corrected chi connectivity index (χ4v) is 13.6. The highest BCUT2D eigenvalue weighted by Gasteiger charge is 2.30. The number of ether oxygens (including phenoxy) is 4. The molecule has 0 heterocycles. The van der Waals surface area contributed by atoms with Gasteiger partial charge in [-0.1, -0.05) is 362 Å². The first-order valence-corrected chi connectivity index (χ1v) is 43.6. The number of hydrogen-bond donors (Lipinski definition) is 3. The van der Waals surface area contributed by atoms with Crippen molar-refractivity contribution in [3.8, 4) is 0 Å². The summed E-state index contributed by atoms with van der Waals surface area (Å²) in [6.45, 7) is 7.34. The predicted molar refractivity (Wildman–Crippen MR) is 395 cm³/mol. The van der Waals surface area contributed by atoms with Gasteiger partial charge in [0.2, 0.25) is 0 Å². The second-order valence-corrected chi connectivity index (χ2v) is 31.5. The Kier molecular flexibility index (Phi) is 69.6. The summed E-state index contributed by atoms with van der Waals surface area (Å²) in [4.78, 5) is 72.9. The molecule has 0 aromatic carbocycles. The van der Waals surface area contributed by atoms with Gasteiger partial charge in [0.25, 0.3) is 0 Å². The lowest BCUT2D eigenvalue weighted by atomic mass is 10.0. The number of unbranched alkanes of at least 4 members (excludes halogenated alkanes) is 50. The molecule has 576 valence electrons. The third-order valence-electron chi connectivity index (χ3n) is 18.3. The molecule has 0 spiro atoms. The van der Waals surface area contributed by atoms with E-state index < -0.39 is 97.5 Å². The molecule has 0 saturated carbocycles. The first-order chi connectivity index (χ1) is 47.0. The van der Waals surface area contributed by atoms with Crippen LogP contribution in [0.3, 0.4) is 0 Å². The van der Waals surface area contributed by atoms with Crippen molar-refractivity contribution in [2.45, 2.75) is 432 Å². The number of aliphatic hydroxyl groups is 1. The molecule has 97 heavy (non-hydrogen) atoms. The van der Waals surface area contributed by atoms with Crippen LogP contribution in [0.1, 0.15) is 413 Å². The molecule has 5 atom stereocenters. The molecule has 0 aliphatic heterocycles. The van der Waals surface area contributed by atoms with Gasteiger partial charge >= 0.3 is 39.5 Å². The van der Waals surface area contributed by atoms with Crippen LogP contribution in [0.4, 0.5) is 0 Å². The standard InChI is InChI=1S/C78H152O17P2/c1-6-9-12-15-18-21-24-27-28-33-37-42-47-52-57-62-76(81)89-68-74(95-78(83)64-59-54-49-44-39-34-30-29-32-35-40-45-50-55-60-71(4)5)70-93-97(86,87)91-66-72(79)65-90-96(84,85)92-69-73(67-88-75(80)61-56-51-46-41-36-26-23-20-17-14-11-8-3)94-77(82)63-58-53-48-43-38-31-25-22-19-16-13-10-7-2/h71-74,79H,6-70H2,1-5H3,(H,84,85)(H,86,87)/t72-,73+,74+/m0/s1. The van der Waals surface area contributed by atoms with E-state index in [1.54, 1.807) is 0 Å². The molecule has 17 nitrogen and oxygen atoms in total. The molecule has 0 aromatic heterocycles. The van der Waals surface area contributed by atoms with E-state index >= 15 is 0 Å². The highest BCUT2D eigenvalue weighted by atomic mass is 31.2. The fraction of sp³-hybridized carbons (Fsp3) is 0.949. The van der Waals surface area contributed by atoms with Crippen molar-refractivity contribution in [1.29, 1.82) is 0 Å². The van der Waals surface area contributed by atoms with Crippen molar-refractivity contribution < 1.29 is 80.2 Å². The summed E-state index contributed by atoms with van der Waals surface area (Å²) in [5, 5.41) is 10.6. The van der Waals surface area contributed by atoms with Gasteiger partial charge in [0.05, 0.1) is 26.4 Å². The predicted octanol–water partition coefficient (Wildman–Crippen LogP) is 23.3. The number of phosphoric ester groups is 2. The molecule has 0 rings (SSSR count). The molecular formula is C78H152O17P2. The Morgan fingerprint density at radius 2 is 0.474 bits per heavy atom. The maximum atomic E-state index is 13.1. The van der Waals surface area contributed by atoms with Gasteiger partial charge in [-0.2, -0.15) is 0 Å². The Labute approximate surface area is 594 Å². The van der Waals surface area contributed by atoms with Gasteiger partial charge in [0.1, 0.15) is 19.3 Å². The van der Waals surface area contributed by atoms with Crippen LogP contribution >= 0.6 is 15.6 Å². The molecule has 0 radical (unpaired) electrons. The quantitative estimate of drug-likeness (QED) is 0.0222. The van der Waals surface area contributed by atoms with E-state index in [9.17, 15) is 43.2 Å². The fourth-order valence-electron chi connectivity index (χ4n) is 12.1. The normalized spacial score (nSPS) is 13.9. The number of hydrogen-bond acceptors (Lipinski definition) is 15. The van der Waals surface area contributed by atoms with E-state index in [0.717, 1.165) is 95.8 Å². The minimum absolute atomic E-state index is 0.108. The lowest BCUT2D eigenvalue weighted by molar-refractivity contribution is -0.161. The van der Waals surface area contributed by atoms with E-state index in [2.05, 4.69) is 34.6 Å². The monoisotopic (exact) mass is 1420 g/mol. The molecule has 3 N–H and O–H groups in total. The zero-order valence-electron chi connectivity index (χ0n) is 63.2. The minimum atomic E-state index is -4.96. The Bertz CT molecular complexity index is 1860. The van der Waals surface area contributed by atoms with Crippen molar-refractivity contribution in [1.82, 2.24) is 0 Å². The van der Waals surface area contributed by atoms with Crippen LogP contribution < -0.4 is 0 Å². The summed E-state index contributed by atoms with van der Waals surface area (Å²) in [6.07, 6.45) is 60.8. The molecule has 0 aliphatic carbocycles. The molecular weight excluding hydrogens is 1270 g/mol. The Hall–Kier alpha value is -1.94. The number of phosphoric acid groups is 2. The van der Waals surface area contributed by atoms with Gasteiger partial charge < -0.3 is 33.8 Å². The lowest BCUT2D eigenvalue weighted by Gasteiger charge is -2.21. The van der Waals surface area contributed by atoms with Crippen molar-refractivity contribution in [2.75, 3.05) is 39.6 Å². The Balaban J connectivity index is 5.26. The highest BCUT2D eigenvalue weighted by molar-refractivity contribution is 7.47. The first-order valence-electron chi connectivity index (χ1n) is 40.6. The summed E-state index contributed by atoms with van der Waals surface area (Å²) in [5.41, 5.74) is 0. The van der Waals surface area contributed by atoms with Crippen molar-refractivity contribution in [3.63, 3.8) is 0 Å². The van der Waals surface area contributed by atoms with Crippen LogP contribution in [0, 0.1) is 5.92 Å². The molecule has 0 saturated heterocycles. The van der Waals surface area contributed by atoms with Gasteiger partial charge in [-0.05, 0) is 31.6 Å². The summed E-state index contributed by atoms with van der Waals surface area (Å²) in [7, 11) is -9.91.